The maximum Gasteiger partial charge on any atom is 0.130 e. The highest BCUT2D eigenvalue weighted by atomic mass is 127. The Bertz CT molecular complexity index is 456. The minimum absolute atomic E-state index is 0.642. The third-order valence-electron chi connectivity index (χ3n) is 1.86. The summed E-state index contributed by atoms with van der Waals surface area (Å²) in [5.74, 6) is 0.795. The lowest BCUT2D eigenvalue weighted by molar-refractivity contribution is 1.30. The first-order chi connectivity index (χ1) is 7.25. The smallest absolute Gasteiger partial charge is 0.130 e. The lowest BCUT2D eigenvalue weighted by atomic mass is 10.3. The number of pyridine rings is 1. The van der Waals surface area contributed by atoms with E-state index in [2.05, 4.69) is 32.9 Å². The number of para-hydroxylation sites is 1. The quantitative estimate of drug-likeness (QED) is 0.839. The van der Waals surface area contributed by atoms with Gasteiger partial charge in [-0.2, -0.15) is 0 Å². The fourth-order valence-electron chi connectivity index (χ4n) is 1.15. The zero-order valence-corrected chi connectivity index (χ0v) is 10.7. The van der Waals surface area contributed by atoms with Crippen molar-refractivity contribution >= 4 is 45.7 Å². The number of benzene rings is 1. The van der Waals surface area contributed by atoms with Crippen molar-refractivity contribution in [1.29, 1.82) is 0 Å². The molecule has 0 aliphatic rings. The summed E-state index contributed by atoms with van der Waals surface area (Å²) < 4.78 is 1.16. The van der Waals surface area contributed by atoms with Gasteiger partial charge in [-0.25, -0.2) is 4.98 Å². The Morgan fingerprint density at radius 1 is 1.13 bits per heavy atom. The van der Waals surface area contributed by atoms with Gasteiger partial charge in [-0.1, -0.05) is 23.7 Å². The maximum absolute atomic E-state index is 5.75. The lowest BCUT2D eigenvalue weighted by Gasteiger charge is -2.06. The van der Waals surface area contributed by atoms with E-state index in [4.69, 9.17) is 11.6 Å². The standard InChI is InChI=1S/C11H8ClIN2/c12-8-5-6-11(14-7-8)15-10-4-2-1-3-9(10)13/h1-7H,(H,14,15). The molecule has 0 atom stereocenters. The number of nitrogens with zero attached hydrogens (tertiary/aromatic N) is 1. The summed E-state index contributed by atoms with van der Waals surface area (Å²) in [5.41, 5.74) is 1.05. The predicted octanol–water partition coefficient (Wildman–Crippen LogP) is 4.08. The highest BCUT2D eigenvalue weighted by Gasteiger charge is 1.99. The van der Waals surface area contributed by atoms with Crippen LogP contribution in [0.3, 0.4) is 0 Å². The molecule has 2 nitrogen and oxygen atoms in total. The van der Waals surface area contributed by atoms with Gasteiger partial charge in [-0.3, -0.25) is 0 Å². The number of halogens is 2. The Morgan fingerprint density at radius 3 is 2.60 bits per heavy atom. The van der Waals surface area contributed by atoms with E-state index in [1.807, 2.05) is 36.4 Å². The molecule has 76 valence electrons. The number of rotatable bonds is 2. The van der Waals surface area contributed by atoms with Crippen molar-refractivity contribution < 1.29 is 0 Å². The molecule has 0 amide bonds. The monoisotopic (exact) mass is 330 g/mol. The van der Waals surface area contributed by atoms with E-state index in [1.54, 1.807) is 6.20 Å². The van der Waals surface area contributed by atoms with Crippen LogP contribution in [0.5, 0.6) is 0 Å². The van der Waals surface area contributed by atoms with Gasteiger partial charge in [0.2, 0.25) is 0 Å². The van der Waals surface area contributed by atoms with Gasteiger partial charge in [0.1, 0.15) is 5.82 Å². The zero-order valence-electron chi connectivity index (χ0n) is 7.74. The van der Waals surface area contributed by atoms with Crippen molar-refractivity contribution in [2.75, 3.05) is 5.32 Å². The molecular formula is C11H8ClIN2. The Balaban J connectivity index is 2.22. The molecule has 0 aliphatic heterocycles. The van der Waals surface area contributed by atoms with E-state index in [1.165, 1.54) is 0 Å². The maximum atomic E-state index is 5.75. The number of aromatic nitrogens is 1. The molecule has 1 N–H and O–H groups in total. The van der Waals surface area contributed by atoms with Gasteiger partial charge in [0, 0.05) is 9.77 Å². The van der Waals surface area contributed by atoms with E-state index in [9.17, 15) is 0 Å². The first-order valence-corrected chi connectivity index (χ1v) is 5.84. The first kappa shape index (κ1) is 10.7. The molecule has 0 spiro atoms. The van der Waals surface area contributed by atoms with Crippen LogP contribution in [0.25, 0.3) is 0 Å². The van der Waals surface area contributed by atoms with Gasteiger partial charge in [-0.15, -0.1) is 0 Å². The largest absolute Gasteiger partial charge is 0.339 e. The van der Waals surface area contributed by atoms with Crippen LogP contribution >= 0.6 is 34.2 Å². The van der Waals surface area contributed by atoms with Crippen molar-refractivity contribution in [2.45, 2.75) is 0 Å². The Labute approximate surface area is 107 Å². The van der Waals surface area contributed by atoms with E-state index < -0.39 is 0 Å². The molecule has 0 aliphatic carbocycles. The zero-order chi connectivity index (χ0) is 10.7. The fraction of sp³-hybridized carbons (Fsp3) is 0. The molecule has 0 fully saturated rings. The molecule has 1 heterocycles. The third-order valence-corrected chi connectivity index (χ3v) is 3.03. The summed E-state index contributed by atoms with van der Waals surface area (Å²) in [4.78, 5) is 4.17. The van der Waals surface area contributed by atoms with Gasteiger partial charge in [0.15, 0.2) is 0 Å². The molecule has 0 unspecified atom stereocenters. The van der Waals surface area contributed by atoms with Gasteiger partial charge < -0.3 is 5.32 Å². The van der Waals surface area contributed by atoms with E-state index in [0.717, 1.165) is 15.1 Å². The number of nitrogens with one attached hydrogen (secondary N) is 1. The van der Waals surface area contributed by atoms with Gasteiger partial charge in [0.25, 0.3) is 0 Å². The highest BCUT2D eigenvalue weighted by Crippen LogP contribution is 2.21. The molecule has 4 heteroatoms. The van der Waals surface area contributed by atoms with Gasteiger partial charge in [0.05, 0.1) is 10.7 Å². The molecule has 15 heavy (non-hydrogen) atoms. The van der Waals surface area contributed by atoms with Crippen molar-refractivity contribution in [2.24, 2.45) is 0 Å². The summed E-state index contributed by atoms with van der Waals surface area (Å²) in [7, 11) is 0. The number of hydrogen-bond acceptors (Lipinski definition) is 2. The van der Waals surface area contributed by atoms with Crippen LogP contribution in [0.1, 0.15) is 0 Å². The van der Waals surface area contributed by atoms with Gasteiger partial charge >= 0.3 is 0 Å². The van der Waals surface area contributed by atoms with Crippen LogP contribution in [0.15, 0.2) is 42.6 Å². The number of hydrogen-bond donors (Lipinski definition) is 1. The van der Waals surface area contributed by atoms with Crippen molar-refractivity contribution in [1.82, 2.24) is 4.98 Å². The Kier molecular flexibility index (Phi) is 3.43. The Morgan fingerprint density at radius 2 is 1.93 bits per heavy atom. The highest BCUT2D eigenvalue weighted by molar-refractivity contribution is 14.1. The minimum Gasteiger partial charge on any atom is -0.339 e. The van der Waals surface area contributed by atoms with Crippen molar-refractivity contribution in [3.8, 4) is 0 Å². The summed E-state index contributed by atoms with van der Waals surface area (Å²) in [5, 5.41) is 3.86. The topological polar surface area (TPSA) is 24.9 Å². The van der Waals surface area contributed by atoms with Crippen LogP contribution in [0.2, 0.25) is 5.02 Å². The molecule has 2 aromatic rings. The molecule has 0 bridgehead atoms. The SMILES string of the molecule is Clc1ccc(Nc2ccccc2I)nc1. The summed E-state index contributed by atoms with van der Waals surface area (Å²) in [6.07, 6.45) is 1.62. The average molecular weight is 331 g/mol. The fourth-order valence-corrected chi connectivity index (χ4v) is 1.78. The third kappa shape index (κ3) is 2.82. The minimum atomic E-state index is 0.642. The van der Waals surface area contributed by atoms with Crippen molar-refractivity contribution in [3.05, 3.63) is 51.2 Å². The molecule has 0 saturated heterocycles. The van der Waals surface area contributed by atoms with E-state index >= 15 is 0 Å². The molecule has 1 aromatic carbocycles. The lowest BCUT2D eigenvalue weighted by Crippen LogP contribution is -1.94. The molecule has 0 radical (unpaired) electrons. The second kappa shape index (κ2) is 4.81. The number of anilines is 2. The molecular weight excluding hydrogens is 322 g/mol. The predicted molar refractivity (Wildman–Crippen MR) is 71.7 cm³/mol. The van der Waals surface area contributed by atoms with Crippen LogP contribution < -0.4 is 5.32 Å². The van der Waals surface area contributed by atoms with Crippen LogP contribution in [0.4, 0.5) is 11.5 Å². The normalized spacial score (nSPS) is 10.0. The van der Waals surface area contributed by atoms with E-state index in [0.29, 0.717) is 5.02 Å². The second-order valence-corrected chi connectivity index (χ2v) is 4.57. The average Bonchev–Trinajstić information content (AvgIpc) is 2.25. The van der Waals surface area contributed by atoms with Crippen LogP contribution in [-0.2, 0) is 0 Å². The van der Waals surface area contributed by atoms with Crippen molar-refractivity contribution in [3.63, 3.8) is 0 Å². The first-order valence-electron chi connectivity index (χ1n) is 4.39. The molecule has 1 aromatic heterocycles. The summed E-state index contributed by atoms with van der Waals surface area (Å²) in [6, 6.07) is 11.7. The summed E-state index contributed by atoms with van der Waals surface area (Å²) in [6.45, 7) is 0. The van der Waals surface area contributed by atoms with Gasteiger partial charge in [-0.05, 0) is 46.9 Å². The van der Waals surface area contributed by atoms with Crippen LogP contribution in [-0.4, -0.2) is 4.98 Å². The van der Waals surface area contributed by atoms with Crippen LogP contribution in [0, 0.1) is 3.57 Å². The van der Waals surface area contributed by atoms with E-state index in [-0.39, 0.29) is 0 Å². The Hall–Kier alpha value is -0.810. The molecule has 0 saturated carbocycles. The molecule has 2 rings (SSSR count). The second-order valence-electron chi connectivity index (χ2n) is 2.97. The summed E-state index contributed by atoms with van der Waals surface area (Å²) >= 11 is 8.03.